The third-order valence-electron chi connectivity index (χ3n) is 2.31. The summed E-state index contributed by atoms with van der Waals surface area (Å²) in [5.74, 6) is 0. The molecule has 64 valence electrons. The fraction of sp³-hybridized carbons (Fsp3) is 0.273. The molecule has 0 bridgehead atoms. The lowest BCUT2D eigenvalue weighted by atomic mass is 10.1. The van der Waals surface area contributed by atoms with Crippen LogP contribution >= 0.6 is 0 Å². The van der Waals surface area contributed by atoms with Gasteiger partial charge in [0.05, 0.1) is 0 Å². The molecule has 0 radical (unpaired) electrons. The average molecular weight is 161 g/mol. The van der Waals surface area contributed by atoms with E-state index in [4.69, 9.17) is 0 Å². The predicted octanol–water partition coefficient (Wildman–Crippen LogP) is 2.93. The molecule has 0 spiro atoms. The van der Waals surface area contributed by atoms with Gasteiger partial charge in [0.1, 0.15) is 0 Å². The largest absolute Gasteiger partial charge is 0.384 e. The fourth-order valence-electron chi connectivity index (χ4n) is 1.56. The molecule has 1 aromatic rings. The van der Waals surface area contributed by atoms with Crippen molar-refractivity contribution in [2.75, 3.05) is 11.9 Å². The zero-order valence-electron chi connectivity index (χ0n) is 7.35. The standard InChI is InChI=1S/C11H13N.H2/c1-8(2)10-4-3-9-5-6-12-11(9)7-10;/h3-4,7,12H,1,5-6H2,2H3;1H. The van der Waals surface area contributed by atoms with Crippen molar-refractivity contribution in [3.05, 3.63) is 35.9 Å². The van der Waals surface area contributed by atoms with Crippen LogP contribution in [0.4, 0.5) is 5.69 Å². The number of allylic oxidation sites excluding steroid dienone is 1. The summed E-state index contributed by atoms with van der Waals surface area (Å²) in [5.41, 5.74) is 5.09. The normalized spacial score (nSPS) is 13.8. The third-order valence-corrected chi connectivity index (χ3v) is 2.31. The van der Waals surface area contributed by atoms with Crippen LogP contribution in [0.15, 0.2) is 24.8 Å². The monoisotopic (exact) mass is 161 g/mol. The highest BCUT2D eigenvalue weighted by atomic mass is 14.9. The van der Waals surface area contributed by atoms with E-state index >= 15 is 0 Å². The highest BCUT2D eigenvalue weighted by molar-refractivity contribution is 5.68. The van der Waals surface area contributed by atoms with E-state index in [1.807, 2.05) is 6.92 Å². The molecule has 1 nitrogen and oxygen atoms in total. The van der Waals surface area contributed by atoms with Crippen molar-refractivity contribution < 1.29 is 1.43 Å². The Labute approximate surface area is 74.6 Å². The molecule has 12 heavy (non-hydrogen) atoms. The Morgan fingerprint density at radius 1 is 1.58 bits per heavy atom. The number of nitrogens with one attached hydrogen (secondary N) is 1. The minimum absolute atomic E-state index is 0. The van der Waals surface area contributed by atoms with Gasteiger partial charge in [0.25, 0.3) is 0 Å². The van der Waals surface area contributed by atoms with E-state index in [2.05, 4.69) is 30.1 Å². The maximum atomic E-state index is 3.92. The topological polar surface area (TPSA) is 12.0 Å². The fourth-order valence-corrected chi connectivity index (χ4v) is 1.56. The van der Waals surface area contributed by atoms with Gasteiger partial charge in [0, 0.05) is 13.7 Å². The summed E-state index contributed by atoms with van der Waals surface area (Å²) in [7, 11) is 0. The van der Waals surface area contributed by atoms with Gasteiger partial charge in [-0.15, -0.1) is 0 Å². The average Bonchev–Trinajstić information content (AvgIpc) is 2.49. The maximum Gasteiger partial charge on any atom is 0.0379 e. The molecule has 0 atom stereocenters. The Morgan fingerprint density at radius 3 is 3.17 bits per heavy atom. The molecule has 0 saturated heterocycles. The van der Waals surface area contributed by atoms with E-state index < -0.39 is 0 Å². The molecule has 0 unspecified atom stereocenters. The summed E-state index contributed by atoms with van der Waals surface area (Å²) in [6.45, 7) is 7.04. The number of benzene rings is 1. The van der Waals surface area contributed by atoms with E-state index in [0.29, 0.717) is 0 Å². The van der Waals surface area contributed by atoms with Crippen molar-refractivity contribution in [1.29, 1.82) is 0 Å². The second-order valence-corrected chi connectivity index (χ2v) is 3.33. The van der Waals surface area contributed by atoms with Crippen LogP contribution in [-0.4, -0.2) is 6.54 Å². The summed E-state index contributed by atoms with van der Waals surface area (Å²) in [4.78, 5) is 0. The van der Waals surface area contributed by atoms with Crippen LogP contribution < -0.4 is 5.32 Å². The Bertz CT molecular complexity index is 331. The number of hydrogen-bond donors (Lipinski definition) is 1. The highest BCUT2D eigenvalue weighted by Crippen LogP contribution is 2.25. The quantitative estimate of drug-likeness (QED) is 0.667. The summed E-state index contributed by atoms with van der Waals surface area (Å²) in [5, 5.41) is 3.35. The Balaban J connectivity index is 0.000000845. The summed E-state index contributed by atoms with van der Waals surface area (Å²) in [6.07, 6.45) is 1.16. The van der Waals surface area contributed by atoms with Crippen LogP contribution in [0.3, 0.4) is 0 Å². The van der Waals surface area contributed by atoms with Crippen molar-refractivity contribution in [3.63, 3.8) is 0 Å². The van der Waals surface area contributed by atoms with Gasteiger partial charge in [-0.05, 0) is 30.5 Å². The first-order chi connectivity index (χ1) is 5.77. The maximum absolute atomic E-state index is 3.92. The van der Waals surface area contributed by atoms with Crippen molar-refractivity contribution in [2.24, 2.45) is 0 Å². The molecule has 1 aliphatic rings. The van der Waals surface area contributed by atoms with Gasteiger partial charge in [-0.1, -0.05) is 24.3 Å². The summed E-state index contributed by atoms with van der Waals surface area (Å²) >= 11 is 0. The van der Waals surface area contributed by atoms with Crippen molar-refractivity contribution >= 4 is 11.3 Å². The number of hydrogen-bond acceptors (Lipinski definition) is 1. The first kappa shape index (κ1) is 7.41. The first-order valence-corrected chi connectivity index (χ1v) is 4.30. The molecule has 0 saturated carbocycles. The van der Waals surface area contributed by atoms with E-state index in [1.165, 1.54) is 16.8 Å². The molecule has 1 heterocycles. The van der Waals surface area contributed by atoms with E-state index in [-0.39, 0.29) is 1.43 Å². The van der Waals surface area contributed by atoms with Crippen molar-refractivity contribution in [3.8, 4) is 0 Å². The molecule has 1 aromatic carbocycles. The molecule has 0 fully saturated rings. The number of anilines is 1. The molecule has 2 rings (SSSR count). The molecular formula is C11H15N. The van der Waals surface area contributed by atoms with Gasteiger partial charge >= 0.3 is 0 Å². The van der Waals surface area contributed by atoms with Crippen LogP contribution in [0.2, 0.25) is 0 Å². The van der Waals surface area contributed by atoms with Gasteiger partial charge in [-0.3, -0.25) is 0 Å². The molecule has 0 aromatic heterocycles. The Morgan fingerprint density at radius 2 is 2.42 bits per heavy atom. The van der Waals surface area contributed by atoms with Gasteiger partial charge in [0.15, 0.2) is 0 Å². The molecule has 0 aliphatic carbocycles. The van der Waals surface area contributed by atoms with Crippen LogP contribution in [-0.2, 0) is 6.42 Å². The lowest BCUT2D eigenvalue weighted by molar-refractivity contribution is 1.11. The van der Waals surface area contributed by atoms with Crippen LogP contribution in [0.25, 0.3) is 5.57 Å². The minimum atomic E-state index is 0. The molecular weight excluding hydrogens is 146 g/mol. The minimum Gasteiger partial charge on any atom is -0.384 e. The first-order valence-electron chi connectivity index (χ1n) is 4.30. The van der Waals surface area contributed by atoms with Gasteiger partial charge < -0.3 is 5.32 Å². The SMILES string of the molecule is C=C(C)c1ccc2c(c1)NCC2.[HH]. The zero-order chi connectivity index (χ0) is 8.55. The number of rotatable bonds is 1. The van der Waals surface area contributed by atoms with E-state index in [9.17, 15) is 0 Å². The van der Waals surface area contributed by atoms with Crippen LogP contribution in [0.5, 0.6) is 0 Å². The summed E-state index contributed by atoms with van der Waals surface area (Å²) in [6, 6.07) is 6.53. The Hall–Kier alpha value is -1.24. The van der Waals surface area contributed by atoms with Gasteiger partial charge in [-0.25, -0.2) is 0 Å². The third kappa shape index (κ3) is 1.11. The van der Waals surface area contributed by atoms with Gasteiger partial charge in [-0.2, -0.15) is 0 Å². The van der Waals surface area contributed by atoms with Crippen molar-refractivity contribution in [1.82, 2.24) is 0 Å². The molecule has 1 heteroatoms. The smallest absolute Gasteiger partial charge is 0.0379 e. The predicted molar refractivity (Wildman–Crippen MR) is 55.5 cm³/mol. The highest BCUT2D eigenvalue weighted by Gasteiger charge is 2.09. The van der Waals surface area contributed by atoms with Crippen LogP contribution in [0, 0.1) is 0 Å². The second-order valence-electron chi connectivity index (χ2n) is 3.33. The van der Waals surface area contributed by atoms with Gasteiger partial charge in [0.2, 0.25) is 0 Å². The number of fused-ring (bicyclic) bond motifs is 1. The van der Waals surface area contributed by atoms with Crippen molar-refractivity contribution in [2.45, 2.75) is 13.3 Å². The van der Waals surface area contributed by atoms with E-state index in [0.717, 1.165) is 18.5 Å². The second kappa shape index (κ2) is 2.67. The lowest BCUT2D eigenvalue weighted by Crippen LogP contribution is -1.91. The Kier molecular flexibility index (Phi) is 1.65. The van der Waals surface area contributed by atoms with Crippen LogP contribution in [0.1, 0.15) is 19.5 Å². The molecule has 1 aliphatic heterocycles. The zero-order valence-corrected chi connectivity index (χ0v) is 7.35. The summed E-state index contributed by atoms with van der Waals surface area (Å²) < 4.78 is 0. The molecule has 0 amide bonds. The van der Waals surface area contributed by atoms with E-state index in [1.54, 1.807) is 0 Å². The molecule has 1 N–H and O–H groups in total. The lowest BCUT2D eigenvalue weighted by Gasteiger charge is -2.03.